The minimum atomic E-state index is -1.55. The van der Waals surface area contributed by atoms with Crippen LogP contribution in [0.5, 0.6) is 0 Å². The van der Waals surface area contributed by atoms with Gasteiger partial charge in [0, 0.05) is 140 Å². The lowest BCUT2D eigenvalue weighted by Gasteiger charge is -2.28. The lowest BCUT2D eigenvalue weighted by molar-refractivity contribution is -0.136. The maximum Gasteiger partial charge on any atom is 0.244 e. The van der Waals surface area contributed by atoms with Crippen molar-refractivity contribution in [1.29, 1.82) is 0 Å². The summed E-state index contributed by atoms with van der Waals surface area (Å²) in [5, 5.41) is 26.9. The van der Waals surface area contributed by atoms with Gasteiger partial charge >= 0.3 is 0 Å². The van der Waals surface area contributed by atoms with Gasteiger partial charge in [-0.3, -0.25) is 62.3 Å². The van der Waals surface area contributed by atoms with Crippen molar-refractivity contribution in [2.75, 3.05) is 37.7 Å². The topological polar surface area (TPSA) is 468 Å². The molecule has 18 N–H and O–H groups in total. The van der Waals surface area contributed by atoms with Crippen LogP contribution in [0.15, 0.2) is 104 Å². The van der Waals surface area contributed by atoms with Crippen LogP contribution in [-0.4, -0.2) is 182 Å². The Balaban J connectivity index is 1.25. The Kier molecular flexibility index (Phi) is 34.7. The highest BCUT2D eigenvalue weighted by atomic mass is 33.1. The molecule has 2 fully saturated rings. The average Bonchev–Trinajstić information content (AvgIpc) is 1.64. The number of hydrogen-bond donors (Lipinski definition) is 15. The van der Waals surface area contributed by atoms with Gasteiger partial charge in [0.2, 0.25) is 53.2 Å². The summed E-state index contributed by atoms with van der Waals surface area (Å²) >= 11 is 0. The lowest BCUT2D eigenvalue weighted by Crippen LogP contribution is -2.61. The molecule has 0 saturated carbocycles. The number of carbonyl (C=O) groups is 13. The molecule has 110 heavy (non-hydrogen) atoms. The molecular formula is C79H108N16O13S2. The number of nitrogens with one attached hydrogen (secondary N) is 12. The smallest absolute Gasteiger partial charge is 0.244 e. The highest BCUT2D eigenvalue weighted by Gasteiger charge is 2.39. The Morgan fingerprint density at radius 1 is 0.445 bits per heavy atom. The number of hydrogen-bond acceptors (Lipinski definition) is 19. The van der Waals surface area contributed by atoms with Crippen LogP contribution in [-0.2, 0) is 88.0 Å². The molecule has 31 heteroatoms. The van der Waals surface area contributed by atoms with Crippen molar-refractivity contribution < 1.29 is 62.3 Å². The minimum Gasteiger partial charge on any atom is -0.361 e. The molecule has 2 saturated heterocycles. The van der Waals surface area contributed by atoms with Gasteiger partial charge in [-0.1, -0.05) is 102 Å². The van der Waals surface area contributed by atoms with E-state index in [4.69, 9.17) is 17.2 Å². The minimum absolute atomic E-state index is 0.0135. The molecule has 12 atom stereocenters. The van der Waals surface area contributed by atoms with Gasteiger partial charge in [-0.2, -0.15) is 0 Å². The quantitative estimate of drug-likeness (QED) is 0.0285. The summed E-state index contributed by atoms with van der Waals surface area (Å²) in [6.07, 6.45) is 7.73. The molecule has 5 heterocycles. The van der Waals surface area contributed by atoms with Crippen molar-refractivity contribution in [2.45, 2.75) is 198 Å². The normalized spacial score (nSPS) is 24.3. The summed E-state index contributed by atoms with van der Waals surface area (Å²) in [5.74, 6) is -13.4. The number of imidazole rings is 1. The number of nitrogens with zero attached hydrogens (tertiary/aromatic N) is 1. The first-order valence-electron chi connectivity index (χ1n) is 38.3. The molecule has 0 unspecified atom stereocenters. The molecule has 2 aliphatic rings. The van der Waals surface area contributed by atoms with Gasteiger partial charge in [0.15, 0.2) is 5.78 Å². The number of unbranched alkanes of at least 4 members (excludes halogenated alkanes) is 4. The first-order valence-corrected chi connectivity index (χ1v) is 40.7. The summed E-state index contributed by atoms with van der Waals surface area (Å²) in [4.78, 5) is 207. The molecule has 29 nitrogen and oxygen atoms in total. The Hall–Kier alpha value is -9.56. The number of carbonyl (C=O) groups excluding carboxylic acids is 13. The van der Waals surface area contributed by atoms with Gasteiger partial charge in [-0.25, -0.2) is 4.98 Å². The van der Waals surface area contributed by atoms with E-state index in [1.54, 1.807) is 55.7 Å². The average molecular weight is 1550 g/mol. The number of H-pyrrole nitrogens is 3. The highest BCUT2D eigenvalue weighted by Crippen LogP contribution is 2.32. The van der Waals surface area contributed by atoms with E-state index in [1.807, 2.05) is 42.5 Å². The summed E-state index contributed by atoms with van der Waals surface area (Å²) in [6.45, 7) is 5.35. The third-order valence-electron chi connectivity index (χ3n) is 20.2. The number of fused-ring (bicyclic) bond motifs is 7. The van der Waals surface area contributed by atoms with Gasteiger partial charge in [-0.15, -0.1) is 0 Å². The maximum atomic E-state index is 15.7. The highest BCUT2D eigenvalue weighted by molar-refractivity contribution is 8.76. The predicted molar refractivity (Wildman–Crippen MR) is 422 cm³/mol. The summed E-state index contributed by atoms with van der Waals surface area (Å²) < 4.78 is 0. The third kappa shape index (κ3) is 26.6. The van der Waals surface area contributed by atoms with E-state index in [1.165, 1.54) is 26.4 Å². The third-order valence-corrected chi connectivity index (χ3v) is 22.7. The molecule has 3 aromatic heterocycles. The van der Waals surface area contributed by atoms with Crippen LogP contribution in [0.3, 0.4) is 0 Å². The van der Waals surface area contributed by atoms with Crippen molar-refractivity contribution in [2.24, 2.45) is 40.9 Å². The van der Waals surface area contributed by atoms with Gasteiger partial charge in [0.05, 0.1) is 12.4 Å². The fourth-order valence-corrected chi connectivity index (χ4v) is 16.3. The number of aromatic nitrogens is 4. The van der Waals surface area contributed by atoms with Gasteiger partial charge in [-0.05, 0) is 132 Å². The second-order valence-electron chi connectivity index (χ2n) is 28.8. The molecule has 8 rings (SSSR count). The largest absolute Gasteiger partial charge is 0.361 e. The summed E-state index contributed by atoms with van der Waals surface area (Å²) in [5.41, 5.74) is 21.6. The number of benzene rings is 3. The zero-order chi connectivity index (χ0) is 79.1. The van der Waals surface area contributed by atoms with E-state index in [2.05, 4.69) is 67.8 Å². The Morgan fingerprint density at radius 2 is 0.945 bits per heavy atom. The molecule has 0 spiro atoms. The fraction of sp³-hybridized carbons (Fsp3) is 0.519. The van der Waals surface area contributed by atoms with Crippen molar-refractivity contribution in [3.63, 3.8) is 0 Å². The van der Waals surface area contributed by atoms with Crippen LogP contribution in [0.2, 0.25) is 0 Å². The van der Waals surface area contributed by atoms with Crippen molar-refractivity contribution >= 4 is 120 Å². The molecule has 2 bridgehead atoms. The van der Waals surface area contributed by atoms with Crippen molar-refractivity contribution in [3.05, 3.63) is 126 Å². The number of ketones is 4. The molecule has 0 radical (unpaired) electrons. The number of amides is 9. The number of para-hydroxylation sites is 2. The predicted octanol–water partition coefficient (Wildman–Crippen LogP) is 3.96. The first kappa shape index (κ1) is 86.0. The SMILES string of the molecule is CC(=O)NCCCC[C@@H]1NC(=O)[C@@H](Cc2ccccc2)NC(=O)[C@H](Cc2cnc[nH]2)NC(=O)[C@H](C)NC(=O)[C@@H]2CSSC[C@H](CC(=O)[C@H](Cc3c[nH]c4ccccc34)CC1=O)C(=O)C[C@@H](C)C(=O)C[C@@H](CCCCN)C(=O)N[C@H](CCCCN)C(=O)N[C@@H](CCCCN)C(=O)N[C@@H](Cc1c[nH]c3ccccc13)C(=O)N2. The Bertz CT molecular complexity index is 4100. The fourth-order valence-electron chi connectivity index (χ4n) is 13.8. The van der Waals surface area contributed by atoms with Crippen LogP contribution in [0.4, 0.5) is 0 Å². The van der Waals surface area contributed by atoms with Crippen molar-refractivity contribution in [3.8, 4) is 0 Å². The zero-order valence-electron chi connectivity index (χ0n) is 62.9. The number of aromatic amines is 3. The van der Waals surface area contributed by atoms with E-state index in [9.17, 15) is 24.0 Å². The number of rotatable bonds is 25. The summed E-state index contributed by atoms with van der Waals surface area (Å²) in [6, 6.07) is 12.3. The second kappa shape index (κ2) is 44.3. The van der Waals surface area contributed by atoms with Crippen LogP contribution in [0.25, 0.3) is 21.8 Å². The van der Waals surface area contributed by atoms with Gasteiger partial charge < -0.3 is 80.0 Å². The Morgan fingerprint density at radius 3 is 1.55 bits per heavy atom. The molecular weight excluding hydrogens is 1450 g/mol. The van der Waals surface area contributed by atoms with Crippen molar-refractivity contribution in [1.82, 2.24) is 67.8 Å². The second-order valence-corrected chi connectivity index (χ2v) is 31.4. The molecule has 0 aliphatic carbocycles. The molecule has 594 valence electrons. The number of Topliss-reactive ketones (excluding diaryl/α,β-unsaturated/α-hetero) is 4. The lowest BCUT2D eigenvalue weighted by atomic mass is 9.82. The van der Waals surface area contributed by atoms with Gasteiger partial charge in [0.1, 0.15) is 59.6 Å². The Labute approximate surface area is 648 Å². The molecule has 2 aliphatic heterocycles. The van der Waals surface area contributed by atoms with E-state index in [0.29, 0.717) is 84.7 Å². The van der Waals surface area contributed by atoms with E-state index in [-0.39, 0.29) is 101 Å². The van der Waals surface area contributed by atoms with E-state index in [0.717, 1.165) is 32.5 Å². The van der Waals surface area contributed by atoms with Gasteiger partial charge in [0.25, 0.3) is 0 Å². The first-order chi connectivity index (χ1) is 53.0. The standard InChI is InChI=1S/C79H108N16O13S2/c1-47-33-69(98)55-39-70(99)52(35-53-41-85-59-24-9-7-22-57(53)59)38-71(100)61(26-14-18-32-84-49(3)96)89-76(105)64(34-50-19-5-4-6-20-50)93-78(107)66(40-56-43-83-46-87-56)92-72(101)48(2)88-79(108)67(45-110-109-44-55)95-77(106)65(36-54-42-86-60-25-10-8-23-58(54)60)94-75(104)63(28-13-17-31-82)91-74(103)62(27-12-16-30-81)90-73(102)51(37-68(47)97)21-11-15-29-80/h4-10,19-20,22-25,41-43,46-48,51-52,55,61-67,85-86H,11-18,21,26-40,44-45,80-82H2,1-3H3,(H,83,87)(H,84,96)(H,88,108)(H,89,105)(H,90,102)(H,91,103)(H,92,101)(H,93,107)(H,94,104)(H,95,106)/t47-,48+,51-,52-,55+,61+,62-,63+,64-,65+,66+,67+/m1/s1. The monoisotopic (exact) mass is 1550 g/mol. The van der Waals surface area contributed by atoms with E-state index >= 15 is 38.4 Å². The zero-order valence-corrected chi connectivity index (χ0v) is 64.6. The van der Waals surface area contributed by atoms with Crippen LogP contribution in [0, 0.1) is 23.7 Å². The summed E-state index contributed by atoms with van der Waals surface area (Å²) in [7, 11) is 2.13. The number of nitrogens with two attached hydrogens (primary N) is 3. The van der Waals surface area contributed by atoms with Crippen LogP contribution in [0.1, 0.15) is 146 Å². The molecule has 3 aromatic carbocycles. The maximum absolute atomic E-state index is 15.7. The molecule has 6 aromatic rings. The van der Waals surface area contributed by atoms with Crippen LogP contribution < -0.4 is 65.1 Å². The van der Waals surface area contributed by atoms with Crippen LogP contribution >= 0.6 is 21.6 Å². The van der Waals surface area contributed by atoms with E-state index < -0.39 is 162 Å². The molecule has 9 amide bonds.